The van der Waals surface area contributed by atoms with Crippen LogP contribution in [0.15, 0.2) is 54.2 Å². The van der Waals surface area contributed by atoms with Crippen LogP contribution in [0.4, 0.5) is 0 Å². The second-order valence-electron chi connectivity index (χ2n) is 4.27. The highest BCUT2D eigenvalue weighted by Crippen LogP contribution is 2.35. The first-order valence-electron chi connectivity index (χ1n) is 5.95. The third kappa shape index (κ3) is 1.63. The zero-order chi connectivity index (χ0) is 12.7. The predicted molar refractivity (Wildman–Crippen MR) is 76.9 cm³/mol. The maximum atomic E-state index is 4.91. The third-order valence-electron chi connectivity index (χ3n) is 3.17. The Morgan fingerprint density at radius 3 is 2.79 bits per heavy atom. The van der Waals surface area contributed by atoms with Crippen molar-refractivity contribution in [1.29, 1.82) is 0 Å². The van der Waals surface area contributed by atoms with Gasteiger partial charge in [-0.1, -0.05) is 30.3 Å². The first-order valence-corrected chi connectivity index (χ1v) is 6.83. The predicted octanol–water partition coefficient (Wildman–Crippen LogP) is 3.17. The Morgan fingerprint density at radius 1 is 1.11 bits per heavy atom. The van der Waals surface area contributed by atoms with Gasteiger partial charge in [0.1, 0.15) is 4.83 Å². The van der Waals surface area contributed by atoms with Gasteiger partial charge in [0.2, 0.25) is 0 Å². The first-order chi connectivity index (χ1) is 9.43. The van der Waals surface area contributed by atoms with Crippen LogP contribution in [-0.2, 0) is 4.94 Å². The molecule has 0 atom stereocenters. The first kappa shape index (κ1) is 10.7. The van der Waals surface area contributed by atoms with E-state index in [4.69, 9.17) is 4.94 Å². The van der Waals surface area contributed by atoms with E-state index < -0.39 is 0 Å². The SMILES string of the molecule is C1=C(n2ccc3c(-c4ccccc4)csc32)NON1. The van der Waals surface area contributed by atoms with Crippen molar-refractivity contribution in [3.05, 3.63) is 54.2 Å². The summed E-state index contributed by atoms with van der Waals surface area (Å²) in [4.78, 5) is 6.11. The van der Waals surface area contributed by atoms with Gasteiger partial charge in [0.05, 0.1) is 6.20 Å². The number of fused-ring (bicyclic) bond motifs is 1. The number of hydrogen-bond donors (Lipinski definition) is 2. The van der Waals surface area contributed by atoms with Crippen molar-refractivity contribution in [1.82, 2.24) is 15.5 Å². The Balaban J connectivity index is 1.88. The minimum Gasteiger partial charge on any atom is -0.291 e. The van der Waals surface area contributed by atoms with E-state index in [1.807, 2.05) is 12.3 Å². The molecule has 1 aromatic carbocycles. The molecule has 2 N–H and O–H groups in total. The molecule has 94 valence electrons. The van der Waals surface area contributed by atoms with Gasteiger partial charge in [-0.2, -0.15) is 4.94 Å². The zero-order valence-corrected chi connectivity index (χ0v) is 10.8. The molecule has 0 fully saturated rings. The van der Waals surface area contributed by atoms with Crippen molar-refractivity contribution in [2.45, 2.75) is 0 Å². The number of nitrogens with one attached hydrogen (secondary N) is 2. The van der Waals surface area contributed by atoms with Crippen LogP contribution in [0.3, 0.4) is 0 Å². The van der Waals surface area contributed by atoms with Gasteiger partial charge in [0.15, 0.2) is 5.82 Å². The Hall–Kier alpha value is -2.24. The summed E-state index contributed by atoms with van der Waals surface area (Å²) in [5.41, 5.74) is 8.01. The van der Waals surface area contributed by atoms with Gasteiger partial charge in [0, 0.05) is 22.5 Å². The summed E-state index contributed by atoms with van der Waals surface area (Å²) in [5, 5.41) is 3.45. The largest absolute Gasteiger partial charge is 0.291 e. The van der Waals surface area contributed by atoms with Crippen molar-refractivity contribution in [3.8, 4) is 11.1 Å². The normalized spacial score (nSPS) is 14.2. The van der Waals surface area contributed by atoms with Crippen molar-refractivity contribution >= 4 is 27.4 Å². The lowest BCUT2D eigenvalue weighted by molar-refractivity contribution is 0.0357. The molecule has 0 amide bonds. The molecule has 1 aliphatic heterocycles. The van der Waals surface area contributed by atoms with Crippen LogP contribution in [0.25, 0.3) is 27.2 Å². The molecule has 19 heavy (non-hydrogen) atoms. The van der Waals surface area contributed by atoms with Crippen LogP contribution in [-0.4, -0.2) is 4.57 Å². The average molecular weight is 269 g/mol. The monoisotopic (exact) mass is 269 g/mol. The topological polar surface area (TPSA) is 38.2 Å². The Morgan fingerprint density at radius 2 is 2.00 bits per heavy atom. The number of hydroxylamine groups is 2. The van der Waals surface area contributed by atoms with Crippen LogP contribution >= 0.6 is 11.3 Å². The van der Waals surface area contributed by atoms with E-state index in [2.05, 4.69) is 51.2 Å². The van der Waals surface area contributed by atoms with Crippen molar-refractivity contribution in [2.75, 3.05) is 0 Å². The standard InChI is InChI=1S/C14H11N3OS/c1-2-4-10(5-3-1)12-9-19-14-11(12)6-7-17(14)13-8-15-18-16-13/h1-9,15-16H. The van der Waals surface area contributed by atoms with Gasteiger partial charge in [-0.25, -0.2) is 11.0 Å². The molecule has 2 aromatic heterocycles. The number of benzene rings is 1. The van der Waals surface area contributed by atoms with Crippen molar-refractivity contribution in [2.24, 2.45) is 0 Å². The minimum atomic E-state index is 0.886. The highest BCUT2D eigenvalue weighted by Gasteiger charge is 2.14. The van der Waals surface area contributed by atoms with E-state index >= 15 is 0 Å². The number of aromatic nitrogens is 1. The Kier molecular flexibility index (Phi) is 2.33. The molecule has 0 aliphatic carbocycles. The summed E-state index contributed by atoms with van der Waals surface area (Å²) in [6.07, 6.45) is 3.84. The summed E-state index contributed by atoms with van der Waals surface area (Å²) in [7, 11) is 0. The van der Waals surface area contributed by atoms with E-state index in [0.717, 1.165) is 5.82 Å². The summed E-state index contributed by atoms with van der Waals surface area (Å²) in [5.74, 6) is 0.886. The lowest BCUT2D eigenvalue weighted by Gasteiger charge is -2.02. The van der Waals surface area contributed by atoms with Gasteiger partial charge in [-0.05, 0) is 11.6 Å². The molecule has 0 radical (unpaired) electrons. The lowest BCUT2D eigenvalue weighted by atomic mass is 10.1. The Labute approximate surface area is 113 Å². The summed E-state index contributed by atoms with van der Waals surface area (Å²) in [6, 6.07) is 12.6. The van der Waals surface area contributed by atoms with Gasteiger partial charge in [-0.15, -0.1) is 11.3 Å². The van der Waals surface area contributed by atoms with Crippen LogP contribution in [0, 0.1) is 0 Å². The third-order valence-corrected chi connectivity index (χ3v) is 4.17. The molecule has 4 rings (SSSR count). The fourth-order valence-electron chi connectivity index (χ4n) is 2.27. The lowest BCUT2D eigenvalue weighted by Crippen LogP contribution is -2.12. The quantitative estimate of drug-likeness (QED) is 0.750. The van der Waals surface area contributed by atoms with Crippen LogP contribution < -0.4 is 11.0 Å². The molecule has 0 saturated heterocycles. The molecule has 0 spiro atoms. The zero-order valence-electron chi connectivity index (χ0n) is 9.96. The van der Waals surface area contributed by atoms with Gasteiger partial charge >= 0.3 is 0 Å². The molecular weight excluding hydrogens is 258 g/mol. The van der Waals surface area contributed by atoms with E-state index in [9.17, 15) is 0 Å². The Bertz CT molecular complexity index is 757. The highest BCUT2D eigenvalue weighted by molar-refractivity contribution is 7.17. The molecule has 1 aliphatic rings. The molecule has 3 aromatic rings. The molecule has 3 heterocycles. The molecule has 0 unspecified atom stereocenters. The number of rotatable bonds is 2. The minimum absolute atomic E-state index is 0.886. The second-order valence-corrected chi connectivity index (χ2v) is 5.13. The highest BCUT2D eigenvalue weighted by atomic mass is 32.1. The second kappa shape index (κ2) is 4.15. The molecule has 0 bridgehead atoms. The van der Waals surface area contributed by atoms with E-state index in [1.165, 1.54) is 21.3 Å². The van der Waals surface area contributed by atoms with Crippen molar-refractivity contribution in [3.63, 3.8) is 0 Å². The van der Waals surface area contributed by atoms with E-state index in [-0.39, 0.29) is 0 Å². The van der Waals surface area contributed by atoms with Gasteiger partial charge < -0.3 is 0 Å². The van der Waals surface area contributed by atoms with Crippen molar-refractivity contribution < 1.29 is 4.94 Å². The van der Waals surface area contributed by atoms with Gasteiger partial charge in [-0.3, -0.25) is 4.57 Å². The van der Waals surface area contributed by atoms with Crippen LogP contribution in [0.2, 0.25) is 0 Å². The fourth-order valence-corrected chi connectivity index (χ4v) is 3.34. The number of thiophene rings is 1. The maximum absolute atomic E-state index is 4.91. The number of hydrogen-bond acceptors (Lipinski definition) is 4. The van der Waals surface area contributed by atoms with E-state index in [0.29, 0.717) is 0 Å². The summed E-state index contributed by atoms with van der Waals surface area (Å²) >= 11 is 1.73. The average Bonchev–Trinajstić information content (AvgIpc) is 3.16. The summed E-state index contributed by atoms with van der Waals surface area (Å²) in [6.45, 7) is 0. The number of nitrogens with zero attached hydrogens (tertiary/aromatic N) is 1. The molecule has 5 heteroatoms. The maximum Gasteiger partial charge on any atom is 0.156 e. The van der Waals surface area contributed by atoms with Crippen LogP contribution in [0.1, 0.15) is 0 Å². The molecule has 4 nitrogen and oxygen atoms in total. The van der Waals surface area contributed by atoms with E-state index in [1.54, 1.807) is 17.5 Å². The fraction of sp³-hybridized carbons (Fsp3) is 0. The smallest absolute Gasteiger partial charge is 0.156 e. The van der Waals surface area contributed by atoms with Crippen LogP contribution in [0.5, 0.6) is 0 Å². The molecule has 0 saturated carbocycles. The van der Waals surface area contributed by atoms with Gasteiger partial charge in [0.25, 0.3) is 0 Å². The molecular formula is C14H11N3OS. The summed E-state index contributed by atoms with van der Waals surface area (Å²) < 4.78 is 2.08.